The van der Waals surface area contributed by atoms with E-state index in [0.717, 1.165) is 10.4 Å². The van der Waals surface area contributed by atoms with Gasteiger partial charge in [-0.2, -0.15) is 0 Å². The minimum absolute atomic E-state index is 0.180. The molecule has 23 heavy (non-hydrogen) atoms. The van der Waals surface area contributed by atoms with E-state index in [1.807, 2.05) is 61.7 Å². The van der Waals surface area contributed by atoms with Crippen molar-refractivity contribution in [3.8, 4) is 0 Å². The Labute approximate surface area is 144 Å². The first-order chi connectivity index (χ1) is 11.1. The lowest BCUT2D eigenvalue weighted by Gasteiger charge is -2.15. The molecule has 0 saturated carbocycles. The van der Waals surface area contributed by atoms with Crippen molar-refractivity contribution in [3.05, 3.63) is 63.2 Å². The maximum absolute atomic E-state index is 12.9. The molecule has 0 saturated heterocycles. The van der Waals surface area contributed by atoms with E-state index in [4.69, 9.17) is 0 Å². The van der Waals surface area contributed by atoms with Gasteiger partial charge in [-0.25, -0.2) is 0 Å². The van der Waals surface area contributed by atoms with Crippen LogP contribution in [0.2, 0.25) is 0 Å². The second-order valence-corrected chi connectivity index (χ2v) is 8.06. The number of carbonyl (C=O) groups excluding carboxylic acids is 2. The van der Waals surface area contributed by atoms with Crippen molar-refractivity contribution in [2.75, 3.05) is 0 Å². The summed E-state index contributed by atoms with van der Waals surface area (Å²) < 4.78 is 0. The Morgan fingerprint density at radius 2 is 1.78 bits per heavy atom. The fourth-order valence-corrected chi connectivity index (χ4v) is 4.28. The number of hydrogen-bond acceptors (Lipinski definition) is 4. The molecule has 0 radical (unpaired) electrons. The number of imide groups is 1. The van der Waals surface area contributed by atoms with Crippen LogP contribution in [-0.4, -0.2) is 22.0 Å². The van der Waals surface area contributed by atoms with Gasteiger partial charge in [-0.1, -0.05) is 50.2 Å². The summed E-state index contributed by atoms with van der Waals surface area (Å²) >= 11 is 2.96. The summed E-state index contributed by atoms with van der Waals surface area (Å²) in [7, 11) is 0. The van der Waals surface area contributed by atoms with Gasteiger partial charge in [-0.3, -0.25) is 14.5 Å². The normalized spacial score (nSPS) is 15.2. The van der Waals surface area contributed by atoms with Crippen molar-refractivity contribution in [1.82, 2.24) is 4.90 Å². The minimum atomic E-state index is -0.190. The summed E-state index contributed by atoms with van der Waals surface area (Å²) in [5.74, 6) is -0.370. The van der Waals surface area contributed by atoms with Crippen LogP contribution in [0.25, 0.3) is 5.57 Å². The standard InChI is InChI=1S/C18H17NO2S2/c1-12(2)23-16-15(14-9-6-10-22-14)17(20)19(18(16)21)11-13-7-4-3-5-8-13/h3-10,12H,11H2,1-2H3. The molecule has 1 aromatic heterocycles. The zero-order chi connectivity index (χ0) is 16.4. The van der Waals surface area contributed by atoms with Crippen LogP contribution in [-0.2, 0) is 16.1 Å². The third-order valence-corrected chi connectivity index (χ3v) is 5.40. The molecule has 0 fully saturated rings. The number of thiophene rings is 1. The number of thioether (sulfide) groups is 1. The van der Waals surface area contributed by atoms with Crippen LogP contribution < -0.4 is 0 Å². The van der Waals surface area contributed by atoms with Crippen molar-refractivity contribution in [2.24, 2.45) is 0 Å². The highest BCUT2D eigenvalue weighted by atomic mass is 32.2. The lowest BCUT2D eigenvalue weighted by atomic mass is 10.2. The molecule has 1 aliphatic rings. The van der Waals surface area contributed by atoms with Crippen molar-refractivity contribution in [1.29, 1.82) is 0 Å². The molecule has 0 aliphatic carbocycles. The number of rotatable bonds is 5. The van der Waals surface area contributed by atoms with Gasteiger partial charge in [0.25, 0.3) is 11.8 Å². The lowest BCUT2D eigenvalue weighted by molar-refractivity contribution is -0.137. The molecule has 0 unspecified atom stereocenters. The summed E-state index contributed by atoms with van der Waals surface area (Å²) in [6.45, 7) is 4.37. The molecule has 118 valence electrons. The highest BCUT2D eigenvalue weighted by molar-refractivity contribution is 8.04. The van der Waals surface area contributed by atoms with Gasteiger partial charge in [0.15, 0.2) is 0 Å². The molecular weight excluding hydrogens is 326 g/mol. The second-order valence-electron chi connectivity index (χ2n) is 5.53. The number of amides is 2. The lowest BCUT2D eigenvalue weighted by Crippen LogP contribution is -2.30. The molecular formula is C18H17NO2S2. The maximum Gasteiger partial charge on any atom is 0.268 e. The Kier molecular flexibility index (Phi) is 4.68. The third-order valence-electron chi connectivity index (χ3n) is 3.43. The van der Waals surface area contributed by atoms with E-state index in [-0.39, 0.29) is 17.1 Å². The zero-order valence-electron chi connectivity index (χ0n) is 13.0. The second kappa shape index (κ2) is 6.72. The monoisotopic (exact) mass is 343 g/mol. The van der Waals surface area contributed by atoms with Gasteiger partial charge in [0.1, 0.15) is 0 Å². The summed E-state index contributed by atoms with van der Waals surface area (Å²) in [4.78, 5) is 28.4. The topological polar surface area (TPSA) is 37.4 Å². The molecule has 1 aliphatic heterocycles. The zero-order valence-corrected chi connectivity index (χ0v) is 14.6. The van der Waals surface area contributed by atoms with Gasteiger partial charge < -0.3 is 0 Å². The molecule has 3 nitrogen and oxygen atoms in total. The van der Waals surface area contributed by atoms with Gasteiger partial charge in [-0.05, 0) is 17.0 Å². The minimum Gasteiger partial charge on any atom is -0.269 e. The molecule has 0 bridgehead atoms. The van der Waals surface area contributed by atoms with Crippen LogP contribution in [0.3, 0.4) is 0 Å². The SMILES string of the molecule is CC(C)SC1=C(c2cccs2)C(=O)N(Cc2ccccc2)C1=O. The Morgan fingerprint density at radius 3 is 2.39 bits per heavy atom. The molecule has 2 amide bonds. The molecule has 2 aromatic rings. The molecule has 2 heterocycles. The Morgan fingerprint density at radius 1 is 1.04 bits per heavy atom. The molecule has 3 rings (SSSR count). The smallest absolute Gasteiger partial charge is 0.268 e. The van der Waals surface area contributed by atoms with E-state index in [0.29, 0.717) is 17.0 Å². The average Bonchev–Trinajstić information content (AvgIpc) is 3.12. The molecule has 0 atom stereocenters. The van der Waals surface area contributed by atoms with Crippen molar-refractivity contribution in [3.63, 3.8) is 0 Å². The number of nitrogens with zero attached hydrogens (tertiary/aromatic N) is 1. The van der Waals surface area contributed by atoms with E-state index in [1.165, 1.54) is 28.0 Å². The first-order valence-electron chi connectivity index (χ1n) is 7.43. The quantitative estimate of drug-likeness (QED) is 0.765. The number of hydrogen-bond donors (Lipinski definition) is 0. The first kappa shape index (κ1) is 16.0. The van der Waals surface area contributed by atoms with E-state index in [2.05, 4.69) is 0 Å². The van der Waals surface area contributed by atoms with Gasteiger partial charge in [0.05, 0.1) is 17.0 Å². The van der Waals surface area contributed by atoms with Crippen LogP contribution in [0.5, 0.6) is 0 Å². The van der Waals surface area contributed by atoms with E-state index in [1.54, 1.807) is 0 Å². The van der Waals surface area contributed by atoms with Crippen molar-refractivity contribution >= 4 is 40.5 Å². The highest BCUT2D eigenvalue weighted by Gasteiger charge is 2.39. The third kappa shape index (κ3) is 3.26. The summed E-state index contributed by atoms with van der Waals surface area (Å²) in [5, 5.41) is 2.17. The van der Waals surface area contributed by atoms with Crippen molar-refractivity contribution < 1.29 is 9.59 Å². The molecule has 1 aromatic carbocycles. The maximum atomic E-state index is 12.9. The summed E-state index contributed by atoms with van der Waals surface area (Å²) in [6.07, 6.45) is 0. The average molecular weight is 343 g/mol. The van der Waals surface area contributed by atoms with Crippen molar-refractivity contribution in [2.45, 2.75) is 25.6 Å². The summed E-state index contributed by atoms with van der Waals surface area (Å²) in [5.41, 5.74) is 1.51. The molecule has 0 N–H and O–H groups in total. The highest BCUT2D eigenvalue weighted by Crippen LogP contribution is 2.39. The predicted molar refractivity (Wildman–Crippen MR) is 96.0 cm³/mol. The summed E-state index contributed by atoms with van der Waals surface area (Å²) in [6, 6.07) is 13.4. The first-order valence-corrected chi connectivity index (χ1v) is 9.18. The van der Waals surface area contributed by atoms with Gasteiger partial charge in [-0.15, -0.1) is 23.1 Å². The van der Waals surface area contributed by atoms with Gasteiger partial charge >= 0.3 is 0 Å². The Hall–Kier alpha value is -1.85. The van der Waals surface area contributed by atoms with E-state index >= 15 is 0 Å². The van der Waals surface area contributed by atoms with Crippen LogP contribution in [0.15, 0.2) is 52.7 Å². The van der Waals surface area contributed by atoms with Crippen LogP contribution in [0.4, 0.5) is 0 Å². The van der Waals surface area contributed by atoms with Gasteiger partial charge in [0, 0.05) is 10.1 Å². The Balaban J connectivity index is 1.96. The van der Waals surface area contributed by atoms with Crippen LogP contribution in [0, 0.1) is 0 Å². The predicted octanol–water partition coefficient (Wildman–Crippen LogP) is 4.17. The largest absolute Gasteiger partial charge is 0.269 e. The Bertz CT molecular complexity index is 749. The fourth-order valence-electron chi connectivity index (χ4n) is 2.45. The van der Waals surface area contributed by atoms with E-state index < -0.39 is 0 Å². The molecule has 5 heteroatoms. The fraction of sp³-hybridized carbons (Fsp3) is 0.222. The van der Waals surface area contributed by atoms with Crippen LogP contribution in [0.1, 0.15) is 24.3 Å². The van der Waals surface area contributed by atoms with Crippen LogP contribution >= 0.6 is 23.1 Å². The molecule has 0 spiro atoms. The number of benzene rings is 1. The van der Waals surface area contributed by atoms with Gasteiger partial charge in [0.2, 0.25) is 0 Å². The number of carbonyl (C=O) groups is 2. The van der Waals surface area contributed by atoms with E-state index in [9.17, 15) is 9.59 Å².